The summed E-state index contributed by atoms with van der Waals surface area (Å²) in [6.07, 6.45) is 0.681. The number of hydrogen-bond donors (Lipinski definition) is 1. The van der Waals surface area contributed by atoms with E-state index in [2.05, 4.69) is 10.1 Å². The number of hydrogen-bond acceptors (Lipinski definition) is 4. The Kier molecular flexibility index (Phi) is 3.63. The smallest absolute Gasteiger partial charge is 0.377 e. The third-order valence-electron chi connectivity index (χ3n) is 3.18. The molecule has 0 spiro atoms. The number of carbonyl (C=O) groups is 1. The summed E-state index contributed by atoms with van der Waals surface area (Å²) in [7, 11) is 0. The van der Waals surface area contributed by atoms with E-state index in [9.17, 15) is 13.6 Å². The van der Waals surface area contributed by atoms with Crippen molar-refractivity contribution in [1.82, 2.24) is 5.32 Å². The largest absolute Gasteiger partial charge is 0.456 e. The highest BCUT2D eigenvalue weighted by Crippen LogP contribution is 2.30. The van der Waals surface area contributed by atoms with Gasteiger partial charge in [0.05, 0.1) is 12.5 Å². The van der Waals surface area contributed by atoms with Crippen LogP contribution in [-0.2, 0) is 14.3 Å². The quantitative estimate of drug-likeness (QED) is 0.761. The number of carbonyl (C=O) groups excluding carboxylic acids is 1. The summed E-state index contributed by atoms with van der Waals surface area (Å²) in [6, 6.07) is 0.256. The Hall–Kier alpha value is -0.750. The Bertz CT molecular complexity index is 298. The first-order chi connectivity index (χ1) is 7.97. The molecule has 0 amide bonds. The van der Waals surface area contributed by atoms with E-state index in [1.165, 1.54) is 0 Å². The lowest BCUT2D eigenvalue weighted by Gasteiger charge is -2.28. The fourth-order valence-electron chi connectivity index (χ4n) is 2.24. The van der Waals surface area contributed by atoms with Gasteiger partial charge >= 0.3 is 11.9 Å². The second-order valence-corrected chi connectivity index (χ2v) is 4.75. The molecule has 2 aliphatic rings. The van der Waals surface area contributed by atoms with Gasteiger partial charge in [-0.05, 0) is 19.8 Å². The SMILES string of the molecule is CC1CC(NCC2CC(F)(F)C(=O)O2)CCO1. The van der Waals surface area contributed by atoms with Crippen molar-refractivity contribution >= 4 is 5.97 Å². The van der Waals surface area contributed by atoms with Crippen LogP contribution < -0.4 is 5.32 Å². The van der Waals surface area contributed by atoms with Gasteiger partial charge < -0.3 is 14.8 Å². The number of ether oxygens (including phenoxy) is 2. The predicted molar refractivity (Wildman–Crippen MR) is 55.9 cm³/mol. The van der Waals surface area contributed by atoms with Crippen LogP contribution in [0.5, 0.6) is 0 Å². The Morgan fingerprint density at radius 1 is 1.53 bits per heavy atom. The minimum Gasteiger partial charge on any atom is -0.456 e. The molecule has 0 aromatic carbocycles. The topological polar surface area (TPSA) is 47.6 Å². The molecule has 1 N–H and O–H groups in total. The maximum absolute atomic E-state index is 12.9. The minimum atomic E-state index is -3.31. The van der Waals surface area contributed by atoms with Crippen LogP contribution in [0.4, 0.5) is 8.78 Å². The summed E-state index contributed by atoms with van der Waals surface area (Å²) in [5.74, 6) is -4.71. The molecular formula is C11H17F2NO3. The average molecular weight is 249 g/mol. The Morgan fingerprint density at radius 3 is 2.88 bits per heavy atom. The Labute approximate surface area is 98.6 Å². The van der Waals surface area contributed by atoms with E-state index in [0.29, 0.717) is 13.2 Å². The zero-order valence-corrected chi connectivity index (χ0v) is 9.75. The first kappa shape index (κ1) is 12.7. The number of alkyl halides is 2. The molecule has 0 aromatic heterocycles. The van der Waals surface area contributed by atoms with Crippen molar-refractivity contribution in [3.63, 3.8) is 0 Å². The fraction of sp³-hybridized carbons (Fsp3) is 0.909. The van der Waals surface area contributed by atoms with Gasteiger partial charge in [0, 0.05) is 19.2 Å². The second-order valence-electron chi connectivity index (χ2n) is 4.75. The first-order valence-electron chi connectivity index (χ1n) is 5.91. The van der Waals surface area contributed by atoms with Crippen molar-refractivity contribution in [2.75, 3.05) is 13.2 Å². The van der Waals surface area contributed by atoms with E-state index in [4.69, 9.17) is 4.74 Å². The van der Waals surface area contributed by atoms with Crippen molar-refractivity contribution in [1.29, 1.82) is 0 Å². The fourth-order valence-corrected chi connectivity index (χ4v) is 2.24. The van der Waals surface area contributed by atoms with Gasteiger partial charge in [-0.25, -0.2) is 4.79 Å². The number of esters is 1. The molecule has 0 aromatic rings. The van der Waals surface area contributed by atoms with E-state index in [0.717, 1.165) is 12.8 Å². The molecule has 2 rings (SSSR count). The third kappa shape index (κ3) is 3.13. The molecule has 2 aliphatic heterocycles. The zero-order chi connectivity index (χ0) is 12.5. The highest BCUT2D eigenvalue weighted by Gasteiger charge is 2.50. The highest BCUT2D eigenvalue weighted by molar-refractivity contribution is 5.79. The van der Waals surface area contributed by atoms with Gasteiger partial charge in [0.15, 0.2) is 0 Å². The first-order valence-corrected chi connectivity index (χ1v) is 5.91. The van der Waals surface area contributed by atoms with Crippen LogP contribution in [0.1, 0.15) is 26.2 Å². The summed E-state index contributed by atoms with van der Waals surface area (Å²) < 4.78 is 35.8. The lowest BCUT2D eigenvalue weighted by Crippen LogP contribution is -2.41. The van der Waals surface area contributed by atoms with Gasteiger partial charge in [0.2, 0.25) is 0 Å². The van der Waals surface area contributed by atoms with Crippen molar-refractivity contribution in [2.45, 2.75) is 50.4 Å². The number of nitrogens with one attached hydrogen (secondary N) is 1. The van der Waals surface area contributed by atoms with Gasteiger partial charge in [-0.3, -0.25) is 0 Å². The predicted octanol–water partition coefficient (Wildman–Crippen LogP) is 1.09. The molecule has 2 heterocycles. The molecule has 2 saturated heterocycles. The van der Waals surface area contributed by atoms with Crippen molar-refractivity contribution in [3.8, 4) is 0 Å². The summed E-state index contributed by atoms with van der Waals surface area (Å²) >= 11 is 0. The maximum atomic E-state index is 12.9. The zero-order valence-electron chi connectivity index (χ0n) is 9.75. The van der Waals surface area contributed by atoms with Crippen LogP contribution in [-0.4, -0.2) is 43.3 Å². The Morgan fingerprint density at radius 2 is 2.29 bits per heavy atom. The van der Waals surface area contributed by atoms with Crippen molar-refractivity contribution in [3.05, 3.63) is 0 Å². The number of rotatable bonds is 3. The molecule has 6 heteroatoms. The van der Waals surface area contributed by atoms with Crippen LogP contribution in [0.15, 0.2) is 0 Å². The molecule has 3 atom stereocenters. The van der Waals surface area contributed by atoms with E-state index in [-0.39, 0.29) is 12.1 Å². The van der Waals surface area contributed by atoms with Crippen LogP contribution in [0.2, 0.25) is 0 Å². The maximum Gasteiger partial charge on any atom is 0.377 e. The minimum absolute atomic E-state index is 0.189. The van der Waals surface area contributed by atoms with Gasteiger partial charge in [-0.2, -0.15) is 8.78 Å². The lowest BCUT2D eigenvalue weighted by atomic mass is 10.0. The van der Waals surface area contributed by atoms with Crippen molar-refractivity contribution < 1.29 is 23.0 Å². The summed E-state index contributed by atoms with van der Waals surface area (Å²) in [6.45, 7) is 2.95. The molecule has 17 heavy (non-hydrogen) atoms. The molecule has 3 unspecified atom stereocenters. The van der Waals surface area contributed by atoms with Gasteiger partial charge in [-0.15, -0.1) is 0 Å². The molecule has 0 bridgehead atoms. The molecule has 0 aliphatic carbocycles. The summed E-state index contributed by atoms with van der Waals surface area (Å²) in [5.41, 5.74) is 0. The summed E-state index contributed by atoms with van der Waals surface area (Å²) in [5, 5.41) is 3.16. The molecule has 2 fully saturated rings. The third-order valence-corrected chi connectivity index (χ3v) is 3.18. The van der Waals surface area contributed by atoms with Crippen LogP contribution in [0, 0.1) is 0 Å². The van der Waals surface area contributed by atoms with Crippen LogP contribution >= 0.6 is 0 Å². The molecule has 0 saturated carbocycles. The van der Waals surface area contributed by atoms with Crippen LogP contribution in [0.3, 0.4) is 0 Å². The number of cyclic esters (lactones) is 1. The molecule has 0 radical (unpaired) electrons. The standard InChI is InChI=1S/C11H17F2NO3/c1-7-4-8(2-3-16-7)14-6-9-5-11(12,13)10(15)17-9/h7-9,14H,2-6H2,1H3. The van der Waals surface area contributed by atoms with Gasteiger partial charge in [0.25, 0.3) is 0 Å². The normalized spacial score (nSPS) is 36.9. The van der Waals surface area contributed by atoms with E-state index in [1.807, 2.05) is 6.92 Å². The van der Waals surface area contributed by atoms with Gasteiger partial charge in [0.1, 0.15) is 6.10 Å². The van der Waals surface area contributed by atoms with Crippen LogP contribution in [0.25, 0.3) is 0 Å². The molecule has 4 nitrogen and oxygen atoms in total. The van der Waals surface area contributed by atoms with E-state index in [1.54, 1.807) is 0 Å². The summed E-state index contributed by atoms with van der Waals surface area (Å²) in [4.78, 5) is 10.8. The highest BCUT2D eigenvalue weighted by atomic mass is 19.3. The molecule has 98 valence electrons. The average Bonchev–Trinajstić information content (AvgIpc) is 2.50. The number of halogens is 2. The van der Waals surface area contributed by atoms with Gasteiger partial charge in [-0.1, -0.05) is 0 Å². The van der Waals surface area contributed by atoms with Crippen molar-refractivity contribution in [2.24, 2.45) is 0 Å². The van der Waals surface area contributed by atoms with E-state index >= 15 is 0 Å². The van der Waals surface area contributed by atoms with E-state index < -0.39 is 24.4 Å². The Balaban J connectivity index is 1.74. The monoisotopic (exact) mass is 249 g/mol. The molecular weight excluding hydrogens is 232 g/mol. The lowest BCUT2D eigenvalue weighted by molar-refractivity contribution is -0.159. The second kappa shape index (κ2) is 4.86.